The third kappa shape index (κ3) is 6.98. The Balaban J connectivity index is 1.66. The van der Waals surface area contributed by atoms with Crippen LogP contribution in [0.1, 0.15) is 5.56 Å². The standard InChI is InChI=1S/C23H20BrF3N4O2/c24-19-11-4-5-12-20(19)30-21(32)28-13-14-31(18-9-2-1-3-10-18)22(33)29-17-8-6-7-16(15-17)23(25,26)27/h1-12,15H,13-14H2,(H,29,33)(H2,28,30,32). The monoisotopic (exact) mass is 520 g/mol. The van der Waals surface area contributed by atoms with Crippen LogP contribution in [0.5, 0.6) is 0 Å². The molecule has 0 saturated heterocycles. The predicted octanol–water partition coefficient (Wildman–Crippen LogP) is 6.33. The first-order valence-corrected chi connectivity index (χ1v) is 10.6. The minimum atomic E-state index is -4.52. The molecule has 0 spiro atoms. The van der Waals surface area contributed by atoms with E-state index in [-0.39, 0.29) is 18.8 Å². The lowest BCUT2D eigenvalue weighted by Crippen LogP contribution is -2.42. The molecule has 3 aromatic rings. The highest BCUT2D eigenvalue weighted by Gasteiger charge is 2.30. The number of rotatable bonds is 6. The average Bonchev–Trinajstić information content (AvgIpc) is 2.78. The molecule has 0 saturated carbocycles. The molecule has 0 atom stereocenters. The maximum Gasteiger partial charge on any atom is 0.416 e. The zero-order valence-corrected chi connectivity index (χ0v) is 18.8. The normalized spacial score (nSPS) is 10.9. The highest BCUT2D eigenvalue weighted by atomic mass is 79.9. The summed E-state index contributed by atoms with van der Waals surface area (Å²) in [4.78, 5) is 26.4. The smallest absolute Gasteiger partial charge is 0.336 e. The van der Waals surface area contributed by atoms with Crippen molar-refractivity contribution in [1.82, 2.24) is 5.32 Å². The van der Waals surface area contributed by atoms with Crippen LogP contribution in [0, 0.1) is 0 Å². The zero-order valence-electron chi connectivity index (χ0n) is 17.2. The number of anilines is 3. The highest BCUT2D eigenvalue weighted by Crippen LogP contribution is 2.30. The highest BCUT2D eigenvalue weighted by molar-refractivity contribution is 9.10. The molecule has 3 rings (SSSR count). The summed E-state index contributed by atoms with van der Waals surface area (Å²) in [6, 6.07) is 19.0. The quantitative estimate of drug-likeness (QED) is 0.355. The summed E-state index contributed by atoms with van der Waals surface area (Å²) in [5.74, 6) is 0. The Labute approximate surface area is 196 Å². The first-order valence-electron chi connectivity index (χ1n) is 9.84. The second-order valence-corrected chi connectivity index (χ2v) is 7.71. The molecule has 0 unspecified atom stereocenters. The van der Waals surface area contributed by atoms with Gasteiger partial charge in [-0.2, -0.15) is 13.2 Å². The van der Waals surface area contributed by atoms with E-state index in [4.69, 9.17) is 0 Å². The van der Waals surface area contributed by atoms with Gasteiger partial charge in [0.2, 0.25) is 0 Å². The number of halogens is 4. The molecular weight excluding hydrogens is 501 g/mol. The number of hydrogen-bond acceptors (Lipinski definition) is 2. The first-order chi connectivity index (χ1) is 15.7. The van der Waals surface area contributed by atoms with Gasteiger partial charge in [-0.05, 0) is 58.4 Å². The minimum Gasteiger partial charge on any atom is -0.336 e. The van der Waals surface area contributed by atoms with Crippen molar-refractivity contribution < 1.29 is 22.8 Å². The van der Waals surface area contributed by atoms with Gasteiger partial charge in [0.1, 0.15) is 0 Å². The molecule has 6 nitrogen and oxygen atoms in total. The molecule has 0 aliphatic heterocycles. The maximum absolute atomic E-state index is 13.0. The van der Waals surface area contributed by atoms with E-state index >= 15 is 0 Å². The molecule has 33 heavy (non-hydrogen) atoms. The van der Waals surface area contributed by atoms with Crippen LogP contribution < -0.4 is 20.9 Å². The van der Waals surface area contributed by atoms with Gasteiger partial charge in [-0.25, -0.2) is 9.59 Å². The number of alkyl halides is 3. The number of amides is 4. The van der Waals surface area contributed by atoms with Gasteiger partial charge in [0.25, 0.3) is 0 Å². The molecule has 0 heterocycles. The number of nitrogens with one attached hydrogen (secondary N) is 3. The van der Waals surface area contributed by atoms with Gasteiger partial charge >= 0.3 is 18.2 Å². The molecule has 172 valence electrons. The van der Waals surface area contributed by atoms with Crippen LogP contribution in [0.15, 0.2) is 83.3 Å². The zero-order chi connectivity index (χ0) is 23.8. The summed E-state index contributed by atoms with van der Waals surface area (Å²) in [5.41, 5.74) is 0.250. The molecule has 3 N–H and O–H groups in total. The summed E-state index contributed by atoms with van der Waals surface area (Å²) < 4.78 is 39.7. The van der Waals surface area contributed by atoms with Gasteiger partial charge in [0, 0.05) is 28.9 Å². The molecule has 3 aromatic carbocycles. The van der Waals surface area contributed by atoms with Gasteiger partial charge in [-0.1, -0.05) is 36.4 Å². The predicted molar refractivity (Wildman–Crippen MR) is 125 cm³/mol. The fourth-order valence-electron chi connectivity index (χ4n) is 2.93. The molecule has 4 amide bonds. The van der Waals surface area contributed by atoms with E-state index < -0.39 is 23.8 Å². The molecule has 0 radical (unpaired) electrons. The lowest BCUT2D eigenvalue weighted by Gasteiger charge is -2.24. The largest absolute Gasteiger partial charge is 0.416 e. The number of urea groups is 2. The molecule has 0 aromatic heterocycles. The van der Waals surface area contributed by atoms with Crippen LogP contribution in [0.3, 0.4) is 0 Å². The van der Waals surface area contributed by atoms with Crippen molar-refractivity contribution in [1.29, 1.82) is 0 Å². The second-order valence-electron chi connectivity index (χ2n) is 6.86. The number of carbonyl (C=O) groups excluding carboxylic acids is 2. The van der Waals surface area contributed by atoms with E-state index in [2.05, 4.69) is 31.9 Å². The van der Waals surface area contributed by atoms with Crippen molar-refractivity contribution in [3.05, 3.63) is 88.9 Å². The third-order valence-electron chi connectivity index (χ3n) is 4.50. The summed E-state index contributed by atoms with van der Waals surface area (Å²) in [6.45, 7) is 0.180. The van der Waals surface area contributed by atoms with Crippen molar-refractivity contribution in [3.63, 3.8) is 0 Å². The first kappa shape index (κ1) is 24.1. The van der Waals surface area contributed by atoms with Gasteiger partial charge in [0.15, 0.2) is 0 Å². The Morgan fingerprint density at radius 2 is 1.58 bits per heavy atom. The Kier molecular flexibility index (Phi) is 7.94. The van der Waals surface area contributed by atoms with E-state index in [1.54, 1.807) is 48.5 Å². The molecule has 0 bridgehead atoms. The van der Waals surface area contributed by atoms with E-state index in [0.29, 0.717) is 15.8 Å². The molecule has 0 aliphatic rings. The number of benzene rings is 3. The lowest BCUT2D eigenvalue weighted by atomic mass is 10.2. The van der Waals surface area contributed by atoms with Crippen molar-refractivity contribution in [2.45, 2.75) is 6.18 Å². The fourth-order valence-corrected chi connectivity index (χ4v) is 3.31. The SMILES string of the molecule is O=C(NCCN(C(=O)Nc1cccc(C(F)(F)F)c1)c1ccccc1)Nc1ccccc1Br. The maximum atomic E-state index is 13.0. The van der Waals surface area contributed by atoms with Gasteiger partial charge in [0.05, 0.1) is 11.3 Å². The number of para-hydroxylation sites is 2. The molecule has 10 heteroatoms. The molecular formula is C23H20BrF3N4O2. The fraction of sp³-hybridized carbons (Fsp3) is 0.130. The van der Waals surface area contributed by atoms with Gasteiger partial charge < -0.3 is 16.0 Å². The minimum absolute atomic E-state index is 0.00962. The lowest BCUT2D eigenvalue weighted by molar-refractivity contribution is -0.137. The Morgan fingerprint density at radius 3 is 2.27 bits per heavy atom. The molecule has 0 fully saturated rings. The van der Waals surface area contributed by atoms with Crippen LogP contribution in [0.2, 0.25) is 0 Å². The van der Waals surface area contributed by atoms with E-state index in [9.17, 15) is 22.8 Å². The number of carbonyl (C=O) groups is 2. The van der Waals surface area contributed by atoms with Crippen LogP contribution in [-0.2, 0) is 6.18 Å². The Hall–Kier alpha value is -3.53. The second kappa shape index (κ2) is 10.9. The van der Waals surface area contributed by atoms with E-state index in [1.807, 2.05) is 6.07 Å². The van der Waals surface area contributed by atoms with Crippen LogP contribution in [0.25, 0.3) is 0 Å². The van der Waals surface area contributed by atoms with E-state index in [0.717, 1.165) is 12.1 Å². The van der Waals surface area contributed by atoms with Crippen molar-refractivity contribution in [2.75, 3.05) is 28.6 Å². The average molecular weight is 521 g/mol. The van der Waals surface area contributed by atoms with Crippen LogP contribution >= 0.6 is 15.9 Å². The summed E-state index contributed by atoms with van der Waals surface area (Å²) in [5, 5.41) is 7.85. The van der Waals surface area contributed by atoms with Gasteiger partial charge in [-0.3, -0.25) is 4.90 Å². The van der Waals surface area contributed by atoms with Gasteiger partial charge in [-0.15, -0.1) is 0 Å². The van der Waals surface area contributed by atoms with E-state index in [1.165, 1.54) is 17.0 Å². The number of nitrogens with zero attached hydrogens (tertiary/aromatic N) is 1. The van der Waals surface area contributed by atoms with Crippen LogP contribution in [0.4, 0.5) is 39.8 Å². The summed E-state index contributed by atoms with van der Waals surface area (Å²) >= 11 is 3.34. The number of hydrogen-bond donors (Lipinski definition) is 3. The van der Waals surface area contributed by atoms with Crippen molar-refractivity contribution in [3.8, 4) is 0 Å². The Morgan fingerprint density at radius 1 is 0.879 bits per heavy atom. The topological polar surface area (TPSA) is 73.5 Å². The third-order valence-corrected chi connectivity index (χ3v) is 5.19. The molecule has 0 aliphatic carbocycles. The van der Waals surface area contributed by atoms with Crippen molar-refractivity contribution in [2.24, 2.45) is 0 Å². The summed E-state index contributed by atoms with van der Waals surface area (Å²) in [6.07, 6.45) is -4.52. The van der Waals surface area contributed by atoms with Crippen molar-refractivity contribution >= 4 is 45.1 Å². The van der Waals surface area contributed by atoms with Crippen LogP contribution in [-0.4, -0.2) is 25.2 Å². The Bertz CT molecular complexity index is 1110. The summed E-state index contributed by atoms with van der Waals surface area (Å²) in [7, 11) is 0.